The Balaban J connectivity index is 0.00000650. The lowest BCUT2D eigenvalue weighted by atomic mass is 9.56. The SMILES string of the molecule is C.COC(=O)c1cc(CCC(OC)C(C)C2CCCC3CCC(C)OCC32)c(CCC(OC)C(C)C2CCCC3CCC(C)OC[C@@]32C)cc1C(=O)OC. The molecule has 54 heavy (non-hydrogen) atoms. The van der Waals surface area contributed by atoms with Gasteiger partial charge >= 0.3 is 11.9 Å². The van der Waals surface area contributed by atoms with Crippen molar-refractivity contribution in [2.45, 2.75) is 156 Å². The van der Waals surface area contributed by atoms with Crippen LogP contribution in [-0.4, -0.2) is 78.0 Å². The zero-order valence-electron chi connectivity index (χ0n) is 34.6. The van der Waals surface area contributed by atoms with Crippen molar-refractivity contribution in [2.75, 3.05) is 41.7 Å². The average molecular weight is 757 g/mol. The molecule has 0 amide bonds. The fourth-order valence-corrected chi connectivity index (χ4v) is 11.5. The lowest BCUT2D eigenvalue weighted by Gasteiger charge is -2.50. The first-order chi connectivity index (χ1) is 25.4. The van der Waals surface area contributed by atoms with Gasteiger partial charge in [0.25, 0.3) is 0 Å². The summed E-state index contributed by atoms with van der Waals surface area (Å²) in [7, 11) is 6.40. The van der Waals surface area contributed by atoms with Crippen molar-refractivity contribution in [3.8, 4) is 0 Å². The fourth-order valence-electron chi connectivity index (χ4n) is 11.5. The van der Waals surface area contributed by atoms with E-state index in [1.807, 2.05) is 26.4 Å². The molecule has 1 aromatic carbocycles. The maximum Gasteiger partial charge on any atom is 0.338 e. The second kappa shape index (κ2) is 20.4. The molecule has 8 heteroatoms. The molecule has 0 aromatic heterocycles. The largest absolute Gasteiger partial charge is 0.465 e. The molecular weight excluding hydrogens is 680 g/mol. The van der Waals surface area contributed by atoms with Crippen molar-refractivity contribution >= 4 is 11.9 Å². The maximum absolute atomic E-state index is 13.1. The summed E-state index contributed by atoms with van der Waals surface area (Å²) in [6.45, 7) is 13.3. The van der Waals surface area contributed by atoms with Gasteiger partial charge in [0, 0.05) is 14.2 Å². The molecule has 0 radical (unpaired) electrons. The van der Waals surface area contributed by atoms with Crippen LogP contribution < -0.4 is 0 Å². The Morgan fingerprint density at radius 1 is 0.741 bits per heavy atom. The summed E-state index contributed by atoms with van der Waals surface area (Å²) in [5.41, 5.74) is 2.74. The zero-order valence-corrected chi connectivity index (χ0v) is 34.6. The van der Waals surface area contributed by atoms with E-state index in [-0.39, 0.29) is 36.2 Å². The summed E-state index contributed by atoms with van der Waals surface area (Å²) in [5, 5.41) is 0. The Bertz CT molecular complexity index is 1350. The summed E-state index contributed by atoms with van der Waals surface area (Å²) in [5.74, 6) is 2.70. The number of hydrogen-bond donors (Lipinski definition) is 0. The van der Waals surface area contributed by atoms with Gasteiger partial charge in [0.1, 0.15) is 0 Å². The minimum absolute atomic E-state index is 0. The van der Waals surface area contributed by atoms with Crippen LogP contribution in [-0.2, 0) is 41.3 Å². The van der Waals surface area contributed by atoms with E-state index in [9.17, 15) is 9.59 Å². The molecule has 4 aliphatic rings. The zero-order chi connectivity index (χ0) is 38.3. The third-order valence-corrected chi connectivity index (χ3v) is 14.9. The molecule has 2 aliphatic heterocycles. The van der Waals surface area contributed by atoms with Gasteiger partial charge in [0.15, 0.2) is 0 Å². The van der Waals surface area contributed by atoms with Crippen LogP contribution in [0.15, 0.2) is 12.1 Å². The fraction of sp³-hybridized carbons (Fsp3) is 0.826. The Hall–Kier alpha value is -2.00. The summed E-state index contributed by atoms with van der Waals surface area (Å²) < 4.78 is 35.7. The van der Waals surface area contributed by atoms with Gasteiger partial charge in [-0.25, -0.2) is 9.59 Å². The van der Waals surface area contributed by atoms with Crippen LogP contribution >= 0.6 is 0 Å². The first-order valence-corrected chi connectivity index (χ1v) is 21.1. The lowest BCUT2D eigenvalue weighted by Crippen LogP contribution is -2.47. The third-order valence-electron chi connectivity index (χ3n) is 14.9. The third kappa shape index (κ3) is 10.1. The molecule has 1 aromatic rings. The van der Waals surface area contributed by atoms with Gasteiger partial charge in [-0.05, 0) is 155 Å². The molecule has 2 saturated heterocycles. The number of benzene rings is 1. The maximum atomic E-state index is 13.1. The van der Waals surface area contributed by atoms with E-state index in [1.54, 1.807) is 0 Å². The molecule has 12 atom stereocenters. The highest BCUT2D eigenvalue weighted by Crippen LogP contribution is 2.53. The summed E-state index contributed by atoms with van der Waals surface area (Å²) >= 11 is 0. The van der Waals surface area contributed by atoms with Gasteiger partial charge in [0.05, 0.1) is 63.0 Å². The second-order valence-corrected chi connectivity index (χ2v) is 17.7. The molecule has 2 heterocycles. The predicted molar refractivity (Wildman–Crippen MR) is 215 cm³/mol. The van der Waals surface area contributed by atoms with Gasteiger partial charge in [-0.2, -0.15) is 0 Å². The van der Waals surface area contributed by atoms with E-state index in [2.05, 4.69) is 34.6 Å². The van der Waals surface area contributed by atoms with Crippen molar-refractivity contribution in [1.29, 1.82) is 0 Å². The number of aryl methyl sites for hydroxylation is 2. The highest BCUT2D eigenvalue weighted by atomic mass is 16.5. The van der Waals surface area contributed by atoms with E-state index in [0.29, 0.717) is 47.7 Å². The highest BCUT2D eigenvalue weighted by Gasteiger charge is 2.49. The number of carbonyl (C=O) groups excluding carboxylic acids is 2. The molecule has 0 bridgehead atoms. The quantitative estimate of drug-likeness (QED) is 0.173. The van der Waals surface area contributed by atoms with Crippen molar-refractivity contribution < 1.29 is 38.0 Å². The number of hydrogen-bond acceptors (Lipinski definition) is 8. The van der Waals surface area contributed by atoms with Crippen LogP contribution in [0.1, 0.15) is 151 Å². The first kappa shape index (κ1) is 44.7. The van der Waals surface area contributed by atoms with Gasteiger partial charge in [-0.3, -0.25) is 0 Å². The first-order valence-electron chi connectivity index (χ1n) is 21.1. The summed E-state index contributed by atoms with van der Waals surface area (Å²) in [6, 6.07) is 3.76. The normalized spacial score (nSPS) is 32.3. The average Bonchev–Trinajstić information content (AvgIpc) is 3.46. The van der Waals surface area contributed by atoms with Crippen molar-refractivity contribution in [2.24, 2.45) is 46.8 Å². The van der Waals surface area contributed by atoms with Crippen molar-refractivity contribution in [3.05, 3.63) is 34.4 Å². The Kier molecular flexibility index (Phi) is 16.9. The monoisotopic (exact) mass is 757 g/mol. The molecule has 0 N–H and O–H groups in total. The molecule has 308 valence electrons. The van der Waals surface area contributed by atoms with Crippen molar-refractivity contribution in [1.82, 2.24) is 0 Å². The molecule has 0 spiro atoms. The van der Waals surface area contributed by atoms with Crippen LogP contribution in [0.4, 0.5) is 0 Å². The molecule has 11 unspecified atom stereocenters. The molecular formula is C46H76O8. The lowest BCUT2D eigenvalue weighted by molar-refractivity contribution is -0.0879. The standard InChI is InChI=1S/C45H72O8.CH4/c1-28-16-18-32-12-10-14-36(39(32)26-52-28)30(3)41(48-6)22-19-33-24-37(43(46)50-8)38(44(47)51-9)25-34(33)20-23-42(49-7)31(4)40-15-11-13-35-21-17-29(2)53-27-45(35,40)5;/h24-25,28-32,35-36,39-42H,10-23,26-27H2,1-9H3;1H4/t28?,29?,30?,31?,32?,35?,36?,39?,40?,41?,42?,45-;/m0./s1. The number of esters is 2. The van der Waals surface area contributed by atoms with E-state index in [0.717, 1.165) is 68.8 Å². The van der Waals surface area contributed by atoms with E-state index in [4.69, 9.17) is 28.4 Å². The second-order valence-electron chi connectivity index (χ2n) is 17.7. The molecule has 8 nitrogen and oxygen atoms in total. The molecule has 2 saturated carbocycles. The van der Waals surface area contributed by atoms with Crippen LogP contribution in [0.25, 0.3) is 0 Å². The van der Waals surface area contributed by atoms with Crippen LogP contribution in [0, 0.1) is 46.8 Å². The number of carbonyl (C=O) groups is 2. The van der Waals surface area contributed by atoms with Gasteiger partial charge < -0.3 is 28.4 Å². The van der Waals surface area contributed by atoms with Crippen molar-refractivity contribution in [3.63, 3.8) is 0 Å². The van der Waals surface area contributed by atoms with Crippen LogP contribution in [0.5, 0.6) is 0 Å². The van der Waals surface area contributed by atoms with E-state index < -0.39 is 11.9 Å². The van der Waals surface area contributed by atoms with Crippen LogP contribution in [0.3, 0.4) is 0 Å². The number of rotatable bonds is 14. The van der Waals surface area contributed by atoms with Gasteiger partial charge in [-0.15, -0.1) is 0 Å². The topological polar surface area (TPSA) is 89.5 Å². The number of methoxy groups -OCH3 is 4. The van der Waals surface area contributed by atoms with Crippen LogP contribution in [0.2, 0.25) is 0 Å². The number of ether oxygens (including phenoxy) is 6. The summed E-state index contributed by atoms with van der Waals surface area (Å²) in [4.78, 5) is 26.2. The summed E-state index contributed by atoms with van der Waals surface area (Å²) in [6.07, 6.45) is 16.2. The highest BCUT2D eigenvalue weighted by molar-refractivity contribution is 6.03. The van der Waals surface area contributed by atoms with Gasteiger partial charge in [-0.1, -0.05) is 47.5 Å². The smallest absolute Gasteiger partial charge is 0.338 e. The molecule has 5 rings (SSSR count). The molecule has 4 fully saturated rings. The number of fused-ring (bicyclic) bond motifs is 2. The van der Waals surface area contributed by atoms with Gasteiger partial charge in [0.2, 0.25) is 0 Å². The van der Waals surface area contributed by atoms with E-state index >= 15 is 0 Å². The molecule has 2 aliphatic carbocycles. The predicted octanol–water partition coefficient (Wildman–Crippen LogP) is 9.92. The Morgan fingerprint density at radius 2 is 1.30 bits per heavy atom. The van der Waals surface area contributed by atoms with E-state index in [1.165, 1.54) is 65.6 Å². The Morgan fingerprint density at radius 3 is 1.89 bits per heavy atom. The minimum atomic E-state index is -0.534. The minimum Gasteiger partial charge on any atom is -0.465 e. The Labute approximate surface area is 328 Å².